The van der Waals surface area contributed by atoms with Crippen LogP contribution in [0.15, 0.2) is 29.3 Å². The van der Waals surface area contributed by atoms with Crippen LogP contribution in [0.2, 0.25) is 5.15 Å². The first-order valence-corrected chi connectivity index (χ1v) is 10.4. The molecule has 1 N–H and O–H groups in total. The van der Waals surface area contributed by atoms with E-state index in [1.54, 1.807) is 46.3 Å². The lowest BCUT2D eigenvalue weighted by Crippen LogP contribution is -2.38. The van der Waals surface area contributed by atoms with E-state index in [0.29, 0.717) is 11.3 Å². The number of hydrogen-bond donors (Lipinski definition) is 1. The van der Waals surface area contributed by atoms with Crippen LogP contribution in [0, 0.1) is 6.92 Å². The number of H-pyrrole nitrogens is 1. The molecular formula is C18H21ClN4O4S. The van der Waals surface area contributed by atoms with Gasteiger partial charge in [-0.3, -0.25) is 9.48 Å². The number of hydrogen-bond acceptors (Lipinski definition) is 5. The molecule has 0 bridgehead atoms. The zero-order valence-electron chi connectivity index (χ0n) is 16.0. The number of likely N-dealkylation sites (N-methyl/N-ethyl adjacent to an activating group) is 1. The Hall–Kier alpha value is -2.52. The van der Waals surface area contributed by atoms with Crippen LogP contribution in [0.3, 0.4) is 0 Å². The Morgan fingerprint density at radius 2 is 2.11 bits per heavy atom. The highest BCUT2D eigenvalue weighted by molar-refractivity contribution is 7.89. The van der Waals surface area contributed by atoms with Gasteiger partial charge >= 0.3 is 0 Å². The molecule has 0 aliphatic rings. The molecule has 0 unspecified atom stereocenters. The van der Waals surface area contributed by atoms with Gasteiger partial charge in [0.05, 0.1) is 19.2 Å². The number of nitrogens with one attached hydrogen (secondary N) is 1. The molecule has 10 heteroatoms. The average molecular weight is 425 g/mol. The number of aromatic amines is 1. The normalized spacial score (nSPS) is 11.8. The van der Waals surface area contributed by atoms with Crippen LogP contribution < -0.4 is 4.74 Å². The van der Waals surface area contributed by atoms with Crippen molar-refractivity contribution in [3.05, 3.63) is 40.8 Å². The Balaban J connectivity index is 1.96. The van der Waals surface area contributed by atoms with E-state index in [0.717, 1.165) is 15.2 Å². The van der Waals surface area contributed by atoms with E-state index in [1.807, 2.05) is 6.07 Å². The minimum Gasteiger partial charge on any atom is -0.497 e. The predicted molar refractivity (Wildman–Crippen MR) is 106 cm³/mol. The van der Waals surface area contributed by atoms with E-state index < -0.39 is 15.9 Å². The van der Waals surface area contributed by atoms with Crippen LogP contribution in [0.1, 0.15) is 18.2 Å². The number of sulfonamides is 1. The van der Waals surface area contributed by atoms with Gasteiger partial charge < -0.3 is 9.72 Å². The summed E-state index contributed by atoms with van der Waals surface area (Å²) in [5, 5.41) is 4.81. The number of aryl methyl sites for hydroxylation is 2. The molecule has 3 rings (SSSR count). The van der Waals surface area contributed by atoms with Crippen molar-refractivity contribution in [1.29, 1.82) is 0 Å². The van der Waals surface area contributed by atoms with E-state index in [9.17, 15) is 13.2 Å². The molecule has 8 nitrogen and oxygen atoms in total. The predicted octanol–water partition coefficient (Wildman–Crippen LogP) is 2.65. The number of rotatable bonds is 6. The summed E-state index contributed by atoms with van der Waals surface area (Å²) in [6.45, 7) is 3.13. The molecule has 0 radical (unpaired) electrons. The van der Waals surface area contributed by atoms with Gasteiger partial charge in [-0.1, -0.05) is 11.6 Å². The van der Waals surface area contributed by atoms with Gasteiger partial charge in [0.2, 0.25) is 5.91 Å². The molecule has 1 aromatic carbocycles. The lowest BCUT2D eigenvalue weighted by atomic mass is 10.1. The number of benzene rings is 1. The van der Waals surface area contributed by atoms with Gasteiger partial charge in [-0.05, 0) is 37.6 Å². The smallest absolute Gasteiger partial charge is 0.271 e. The van der Waals surface area contributed by atoms with E-state index in [4.69, 9.17) is 16.3 Å². The topological polar surface area (TPSA) is 97.3 Å². The summed E-state index contributed by atoms with van der Waals surface area (Å²) in [6.07, 6.45) is 1.61. The van der Waals surface area contributed by atoms with Gasteiger partial charge in [0.25, 0.3) is 10.0 Å². The fourth-order valence-electron chi connectivity index (χ4n) is 3.18. The molecule has 0 atom stereocenters. The number of carbonyl (C=O) groups is 1. The van der Waals surface area contributed by atoms with Gasteiger partial charge in [0, 0.05) is 30.7 Å². The van der Waals surface area contributed by atoms with E-state index in [-0.39, 0.29) is 28.7 Å². The van der Waals surface area contributed by atoms with Crippen molar-refractivity contribution in [3.8, 4) is 5.75 Å². The van der Waals surface area contributed by atoms with Crippen molar-refractivity contribution in [2.75, 3.05) is 13.7 Å². The summed E-state index contributed by atoms with van der Waals surface area (Å²) >= 11 is 6.12. The van der Waals surface area contributed by atoms with E-state index >= 15 is 0 Å². The molecule has 0 saturated carbocycles. The van der Waals surface area contributed by atoms with E-state index in [1.165, 1.54) is 4.68 Å². The Morgan fingerprint density at radius 1 is 1.39 bits per heavy atom. The molecule has 0 aliphatic carbocycles. The molecule has 2 aromatic heterocycles. The molecule has 0 aliphatic heterocycles. The minimum atomic E-state index is -4.13. The Kier molecular flexibility index (Phi) is 5.40. The number of aromatic nitrogens is 3. The van der Waals surface area contributed by atoms with Crippen LogP contribution in [0.5, 0.6) is 5.75 Å². The molecular weight excluding hydrogens is 404 g/mol. The molecule has 0 spiro atoms. The molecule has 0 saturated heterocycles. The number of ether oxygens (including phenoxy) is 1. The number of halogens is 1. The highest BCUT2D eigenvalue weighted by Gasteiger charge is 2.34. The van der Waals surface area contributed by atoms with Gasteiger partial charge in [0.15, 0.2) is 0 Å². The molecule has 28 heavy (non-hydrogen) atoms. The summed E-state index contributed by atoms with van der Waals surface area (Å²) in [5.41, 5.74) is 1.76. The Morgan fingerprint density at radius 3 is 2.68 bits per heavy atom. The quantitative estimate of drug-likeness (QED) is 0.656. The monoisotopic (exact) mass is 424 g/mol. The number of methoxy groups -OCH3 is 1. The zero-order chi connectivity index (χ0) is 20.6. The van der Waals surface area contributed by atoms with Gasteiger partial charge in [-0.15, -0.1) is 0 Å². The summed E-state index contributed by atoms with van der Waals surface area (Å²) < 4.78 is 33.5. The average Bonchev–Trinajstić information content (AvgIpc) is 3.15. The third-order valence-corrected chi connectivity index (χ3v) is 7.12. The van der Waals surface area contributed by atoms with Crippen molar-refractivity contribution < 1.29 is 17.9 Å². The number of amides is 1. The van der Waals surface area contributed by atoms with Gasteiger partial charge in [0.1, 0.15) is 15.8 Å². The van der Waals surface area contributed by atoms with Crippen molar-refractivity contribution >= 4 is 38.4 Å². The number of fused-ring (bicyclic) bond motifs is 1. The highest BCUT2D eigenvalue weighted by Crippen LogP contribution is 2.29. The molecule has 150 valence electrons. The number of carbonyl (C=O) groups excluding carboxylic acids is 1. The Labute approximate surface area is 168 Å². The Bertz CT molecular complexity index is 1150. The maximum absolute atomic E-state index is 13.1. The maximum Gasteiger partial charge on any atom is 0.271 e. The lowest BCUT2D eigenvalue weighted by molar-refractivity contribution is -0.125. The standard InChI is InChI=1S/C18H21ClN4O4S/c1-5-23(28(25,26)17-11(2)21-22(3)18(17)19)16(24)8-12-10-20-15-7-6-13(27-4)9-14(12)15/h6-7,9-10,20H,5,8H2,1-4H3. The molecule has 2 heterocycles. The molecule has 0 fully saturated rings. The maximum atomic E-state index is 13.1. The summed E-state index contributed by atoms with van der Waals surface area (Å²) in [7, 11) is -1.02. The van der Waals surface area contributed by atoms with Gasteiger partial charge in [-0.2, -0.15) is 5.10 Å². The first-order valence-electron chi connectivity index (χ1n) is 8.59. The van der Waals surface area contributed by atoms with Crippen LogP contribution in [-0.2, 0) is 28.3 Å². The second-order valence-corrected chi connectivity index (χ2v) is 8.45. The zero-order valence-corrected chi connectivity index (χ0v) is 17.6. The summed E-state index contributed by atoms with van der Waals surface area (Å²) in [6, 6.07) is 5.46. The van der Waals surface area contributed by atoms with Crippen LogP contribution in [0.4, 0.5) is 0 Å². The second-order valence-electron chi connectivity index (χ2n) is 6.29. The lowest BCUT2D eigenvalue weighted by Gasteiger charge is -2.20. The largest absolute Gasteiger partial charge is 0.497 e. The van der Waals surface area contributed by atoms with Gasteiger partial charge in [-0.25, -0.2) is 12.7 Å². The first kappa shape index (κ1) is 20.2. The second kappa shape index (κ2) is 7.48. The third kappa shape index (κ3) is 3.35. The minimum absolute atomic E-state index is 0.0164. The summed E-state index contributed by atoms with van der Waals surface area (Å²) in [4.78, 5) is 15.9. The van der Waals surface area contributed by atoms with Crippen molar-refractivity contribution in [2.45, 2.75) is 25.2 Å². The highest BCUT2D eigenvalue weighted by atomic mass is 35.5. The molecule has 3 aromatic rings. The first-order chi connectivity index (χ1) is 13.2. The summed E-state index contributed by atoms with van der Waals surface area (Å²) in [5.74, 6) is 0.101. The SMILES string of the molecule is CCN(C(=O)Cc1c[nH]c2ccc(OC)cc12)S(=O)(=O)c1c(C)nn(C)c1Cl. The number of nitrogens with zero attached hydrogens (tertiary/aromatic N) is 3. The van der Waals surface area contributed by atoms with Crippen molar-refractivity contribution in [3.63, 3.8) is 0 Å². The van der Waals surface area contributed by atoms with Crippen LogP contribution >= 0.6 is 11.6 Å². The van der Waals surface area contributed by atoms with E-state index in [2.05, 4.69) is 10.1 Å². The molecule has 1 amide bonds. The van der Waals surface area contributed by atoms with Crippen LogP contribution in [-0.4, -0.2) is 47.0 Å². The van der Waals surface area contributed by atoms with Crippen molar-refractivity contribution in [2.24, 2.45) is 7.05 Å². The van der Waals surface area contributed by atoms with Crippen molar-refractivity contribution in [1.82, 2.24) is 19.1 Å². The third-order valence-electron chi connectivity index (χ3n) is 4.53. The van der Waals surface area contributed by atoms with Crippen LogP contribution in [0.25, 0.3) is 10.9 Å². The fraction of sp³-hybridized carbons (Fsp3) is 0.333. The fourth-order valence-corrected chi connectivity index (χ4v) is 5.30.